The normalized spacial score (nSPS) is 31.7. The van der Waals surface area contributed by atoms with Gasteiger partial charge in [-0.05, 0) is 36.3 Å². The van der Waals surface area contributed by atoms with Crippen LogP contribution < -0.4 is 16.8 Å². The van der Waals surface area contributed by atoms with Crippen LogP contribution in [0.3, 0.4) is 0 Å². The quantitative estimate of drug-likeness (QED) is 0.447. The van der Waals surface area contributed by atoms with E-state index in [1.807, 2.05) is 0 Å². The Labute approximate surface area is 209 Å². The van der Waals surface area contributed by atoms with E-state index in [1.54, 1.807) is 30.3 Å². The predicted octanol–water partition coefficient (Wildman–Crippen LogP) is 2.09. The summed E-state index contributed by atoms with van der Waals surface area (Å²) in [5.74, 6) is -5.38. The number of halogens is 3. The Kier molecular flexibility index (Phi) is 5.04. The van der Waals surface area contributed by atoms with Gasteiger partial charge in [0.1, 0.15) is 6.54 Å². The Morgan fingerprint density at radius 1 is 1.11 bits per heavy atom. The summed E-state index contributed by atoms with van der Waals surface area (Å²) < 4.78 is 44.2. The predicted molar refractivity (Wildman–Crippen MR) is 126 cm³/mol. The largest absolute Gasteiger partial charge is 0.364 e. The van der Waals surface area contributed by atoms with E-state index >= 15 is 4.39 Å². The first-order chi connectivity index (χ1) is 17.5. The minimum atomic E-state index is -1.67. The topological polar surface area (TPSA) is 133 Å². The van der Waals surface area contributed by atoms with Gasteiger partial charge >= 0.3 is 0 Å². The van der Waals surface area contributed by atoms with E-state index in [4.69, 9.17) is 11.5 Å². The SMILES string of the molecule is NC(=O)c1nn(CC(=O)C2(N)[C@@H](C(=O)N[C@@H]3C[C@@]3(F)c3ccccc3)C[C@H]3C[C@H]32)c2cc(F)c(F)cc12. The Hall–Kier alpha value is -3.73. The lowest BCUT2D eigenvalue weighted by atomic mass is 9.79. The average molecular weight is 512 g/mol. The van der Waals surface area contributed by atoms with Crippen LogP contribution in [0.4, 0.5) is 13.2 Å². The van der Waals surface area contributed by atoms with Gasteiger partial charge in [-0.15, -0.1) is 0 Å². The number of nitrogens with one attached hydrogen (secondary N) is 1. The number of Topliss-reactive ketones (excluding diaryl/α,β-unsaturated/α-hetero) is 1. The van der Waals surface area contributed by atoms with Crippen LogP contribution in [0.1, 0.15) is 35.3 Å². The number of aromatic nitrogens is 2. The van der Waals surface area contributed by atoms with Crippen LogP contribution in [0.25, 0.3) is 10.9 Å². The van der Waals surface area contributed by atoms with Crippen molar-refractivity contribution in [3.63, 3.8) is 0 Å². The molecule has 3 saturated carbocycles. The highest BCUT2D eigenvalue weighted by molar-refractivity contribution is 6.04. The second-order valence-corrected chi connectivity index (χ2v) is 10.4. The fourth-order valence-electron chi connectivity index (χ4n) is 6.03. The Bertz CT molecular complexity index is 1480. The van der Waals surface area contributed by atoms with Gasteiger partial charge in [0.25, 0.3) is 5.91 Å². The first-order valence-electron chi connectivity index (χ1n) is 12.1. The van der Waals surface area contributed by atoms with Crippen LogP contribution in [-0.4, -0.2) is 39.0 Å². The first kappa shape index (κ1) is 23.7. The molecule has 3 fully saturated rings. The molecular weight excluding hydrogens is 487 g/mol. The first-order valence-corrected chi connectivity index (χ1v) is 12.1. The number of ketones is 1. The molecule has 0 bridgehead atoms. The van der Waals surface area contributed by atoms with E-state index in [-0.39, 0.29) is 34.9 Å². The summed E-state index contributed by atoms with van der Waals surface area (Å²) in [7, 11) is 0. The summed E-state index contributed by atoms with van der Waals surface area (Å²) in [6.45, 7) is -0.473. The van der Waals surface area contributed by atoms with Crippen molar-refractivity contribution in [1.29, 1.82) is 0 Å². The highest BCUT2D eigenvalue weighted by Crippen LogP contribution is 2.60. The third-order valence-electron chi connectivity index (χ3n) is 8.23. The summed E-state index contributed by atoms with van der Waals surface area (Å²) in [6, 6.07) is 9.47. The van der Waals surface area contributed by atoms with Crippen LogP contribution in [0.15, 0.2) is 42.5 Å². The molecule has 37 heavy (non-hydrogen) atoms. The maximum absolute atomic E-state index is 15.3. The van der Waals surface area contributed by atoms with Gasteiger partial charge in [-0.2, -0.15) is 5.10 Å². The number of nitrogens with two attached hydrogens (primary N) is 2. The highest BCUT2D eigenvalue weighted by atomic mass is 19.2. The Balaban J connectivity index is 1.25. The molecule has 3 aliphatic rings. The number of benzene rings is 2. The number of hydrogen-bond acceptors (Lipinski definition) is 5. The van der Waals surface area contributed by atoms with Gasteiger partial charge in [0.05, 0.1) is 23.0 Å². The van der Waals surface area contributed by atoms with E-state index in [0.717, 1.165) is 16.8 Å². The lowest BCUT2D eigenvalue weighted by molar-refractivity contribution is -0.135. The molecule has 0 spiro atoms. The van der Waals surface area contributed by atoms with E-state index in [0.29, 0.717) is 18.4 Å². The number of amides is 2. The van der Waals surface area contributed by atoms with Crippen LogP contribution in [-0.2, 0) is 21.8 Å². The van der Waals surface area contributed by atoms with E-state index in [2.05, 4.69) is 10.4 Å². The van der Waals surface area contributed by atoms with Crippen molar-refractivity contribution >= 4 is 28.5 Å². The van der Waals surface area contributed by atoms with Crippen molar-refractivity contribution < 1.29 is 27.6 Å². The van der Waals surface area contributed by atoms with E-state index < -0.39 is 58.9 Å². The standard InChI is InChI=1S/C26H24F3N5O3/c27-17-8-14-19(9-18(17)28)34(33-22(14)23(30)36)11-21(35)26(31)15-6-12(15)7-16(26)24(37)32-20-10-25(20,29)13-4-2-1-3-5-13/h1-5,8-9,12,15-16,20H,6-7,10-11,31H2,(H2,30,36)(H,32,37)/t12-,15-,16-,20-,25-,26?/m1/s1. The fraction of sp³-hybridized carbons (Fsp3) is 0.385. The maximum atomic E-state index is 15.3. The van der Waals surface area contributed by atoms with Crippen molar-refractivity contribution in [3.05, 3.63) is 65.4 Å². The minimum absolute atomic E-state index is 0.000880. The molecule has 0 saturated heterocycles. The second-order valence-electron chi connectivity index (χ2n) is 10.4. The molecule has 11 heteroatoms. The molecular formula is C26H24F3N5O3. The van der Waals surface area contributed by atoms with Gasteiger partial charge in [0.2, 0.25) is 5.91 Å². The molecule has 3 aliphatic carbocycles. The summed E-state index contributed by atoms with van der Waals surface area (Å²) in [4.78, 5) is 38.7. The molecule has 2 amide bonds. The van der Waals surface area contributed by atoms with Crippen LogP contribution in [0.2, 0.25) is 0 Å². The molecule has 0 radical (unpaired) electrons. The number of rotatable bonds is 7. The van der Waals surface area contributed by atoms with Gasteiger partial charge in [-0.3, -0.25) is 19.1 Å². The number of nitrogens with zero attached hydrogens (tertiary/aromatic N) is 2. The summed E-state index contributed by atoms with van der Waals surface area (Å²) in [5.41, 5.74) is 8.94. The van der Waals surface area contributed by atoms with Gasteiger partial charge < -0.3 is 16.8 Å². The summed E-state index contributed by atoms with van der Waals surface area (Å²) in [5, 5.41) is 6.72. The molecule has 3 aromatic rings. The smallest absolute Gasteiger partial charge is 0.269 e. The number of alkyl halides is 1. The van der Waals surface area contributed by atoms with Crippen molar-refractivity contribution in [2.24, 2.45) is 29.2 Å². The zero-order valence-electron chi connectivity index (χ0n) is 19.6. The average Bonchev–Trinajstić information content (AvgIpc) is 3.72. The van der Waals surface area contributed by atoms with Gasteiger partial charge in [0, 0.05) is 17.9 Å². The molecule has 1 aromatic heterocycles. The molecule has 2 aromatic carbocycles. The molecule has 5 N–H and O–H groups in total. The van der Waals surface area contributed by atoms with Crippen molar-refractivity contribution in [2.75, 3.05) is 0 Å². The number of hydrogen-bond donors (Lipinski definition) is 3. The zero-order chi connectivity index (χ0) is 26.3. The van der Waals surface area contributed by atoms with Crippen LogP contribution >= 0.6 is 0 Å². The number of fused-ring (bicyclic) bond motifs is 2. The third-order valence-corrected chi connectivity index (χ3v) is 8.23. The van der Waals surface area contributed by atoms with Crippen molar-refractivity contribution in [3.8, 4) is 0 Å². The molecule has 6 atom stereocenters. The molecule has 0 aliphatic heterocycles. The summed E-state index contributed by atoms with van der Waals surface area (Å²) >= 11 is 0. The Morgan fingerprint density at radius 2 is 1.81 bits per heavy atom. The van der Waals surface area contributed by atoms with Gasteiger partial charge in [-0.25, -0.2) is 13.2 Å². The number of primary amides is 1. The molecule has 192 valence electrons. The van der Waals surface area contributed by atoms with E-state index in [9.17, 15) is 23.2 Å². The maximum Gasteiger partial charge on any atom is 0.269 e. The number of carbonyl (C=O) groups excluding carboxylic acids is 3. The molecule has 8 nitrogen and oxygen atoms in total. The summed E-state index contributed by atoms with van der Waals surface area (Å²) in [6.07, 6.45) is 1.20. The van der Waals surface area contributed by atoms with Gasteiger partial charge in [0.15, 0.2) is 28.8 Å². The lowest BCUT2D eigenvalue weighted by Gasteiger charge is -2.32. The highest BCUT2D eigenvalue weighted by Gasteiger charge is 2.67. The molecule has 1 heterocycles. The minimum Gasteiger partial charge on any atom is -0.364 e. The van der Waals surface area contributed by atoms with E-state index in [1.165, 1.54) is 0 Å². The van der Waals surface area contributed by atoms with Crippen LogP contribution in [0, 0.1) is 29.4 Å². The van der Waals surface area contributed by atoms with Crippen molar-refractivity contribution in [2.45, 2.75) is 43.1 Å². The fourth-order valence-corrected chi connectivity index (χ4v) is 6.03. The zero-order valence-corrected chi connectivity index (χ0v) is 19.6. The van der Waals surface area contributed by atoms with Crippen molar-refractivity contribution in [1.82, 2.24) is 15.1 Å². The van der Waals surface area contributed by atoms with Gasteiger partial charge in [-0.1, -0.05) is 30.3 Å². The number of carbonyl (C=O) groups is 3. The second kappa shape index (κ2) is 7.88. The lowest BCUT2D eigenvalue weighted by Crippen LogP contribution is -2.59. The monoisotopic (exact) mass is 511 g/mol. The third kappa shape index (κ3) is 3.55. The Morgan fingerprint density at radius 3 is 2.51 bits per heavy atom. The molecule has 6 rings (SSSR count). The molecule has 1 unspecified atom stereocenters. The van der Waals surface area contributed by atoms with Crippen LogP contribution in [0.5, 0.6) is 0 Å².